The number of unbranched alkanes of at least 4 members (excludes halogenated alkanes) is 1. The van der Waals surface area contributed by atoms with Crippen molar-refractivity contribution < 1.29 is 8.42 Å². The predicted molar refractivity (Wildman–Crippen MR) is 102 cm³/mol. The Bertz CT molecular complexity index is 740. The SMILES string of the molecule is CCCCNS(=O)(=O)c1cccc(NC(=S)NC2=CC[CH]C=C2)c1. The molecule has 1 aromatic carbocycles. The number of nitrogens with one attached hydrogen (secondary N) is 3. The summed E-state index contributed by atoms with van der Waals surface area (Å²) in [5, 5.41) is 6.51. The first-order valence-electron chi connectivity index (χ1n) is 7.89. The van der Waals surface area contributed by atoms with E-state index in [1.165, 1.54) is 0 Å². The van der Waals surface area contributed by atoms with Crippen molar-refractivity contribution >= 4 is 33.0 Å². The lowest BCUT2D eigenvalue weighted by atomic mass is 10.1. The number of benzene rings is 1. The highest BCUT2D eigenvalue weighted by molar-refractivity contribution is 7.89. The van der Waals surface area contributed by atoms with Gasteiger partial charge in [-0.3, -0.25) is 0 Å². The number of thiocarbonyl (C=S) groups is 1. The number of sulfonamides is 1. The molecule has 0 unspecified atom stereocenters. The Morgan fingerprint density at radius 3 is 2.83 bits per heavy atom. The highest BCUT2D eigenvalue weighted by Gasteiger charge is 2.13. The van der Waals surface area contributed by atoms with Crippen molar-refractivity contribution in [2.75, 3.05) is 11.9 Å². The average molecular weight is 365 g/mol. The van der Waals surface area contributed by atoms with Gasteiger partial charge in [-0.1, -0.05) is 31.6 Å². The smallest absolute Gasteiger partial charge is 0.240 e. The Hall–Kier alpha value is -1.70. The van der Waals surface area contributed by atoms with Crippen LogP contribution >= 0.6 is 12.2 Å². The maximum atomic E-state index is 12.3. The van der Waals surface area contributed by atoms with Crippen LogP contribution in [0.5, 0.6) is 0 Å². The monoisotopic (exact) mass is 364 g/mol. The molecule has 0 fully saturated rings. The summed E-state index contributed by atoms with van der Waals surface area (Å²) in [6, 6.07) is 6.60. The van der Waals surface area contributed by atoms with E-state index in [2.05, 4.69) is 15.4 Å². The molecular formula is C17H22N3O2S2. The summed E-state index contributed by atoms with van der Waals surface area (Å²) in [5.74, 6) is 0. The van der Waals surface area contributed by atoms with E-state index in [9.17, 15) is 8.42 Å². The minimum absolute atomic E-state index is 0.220. The Kier molecular flexibility index (Phi) is 6.96. The van der Waals surface area contributed by atoms with Crippen LogP contribution in [0, 0.1) is 6.42 Å². The van der Waals surface area contributed by atoms with Gasteiger partial charge in [-0.05, 0) is 55.8 Å². The number of hydrogen-bond acceptors (Lipinski definition) is 3. The van der Waals surface area contributed by atoms with Crippen LogP contribution in [0.1, 0.15) is 26.2 Å². The highest BCUT2D eigenvalue weighted by Crippen LogP contribution is 2.16. The fourth-order valence-corrected chi connectivity index (χ4v) is 3.46. The summed E-state index contributed by atoms with van der Waals surface area (Å²) in [6.45, 7) is 2.45. The van der Waals surface area contributed by atoms with Crippen LogP contribution in [0.2, 0.25) is 0 Å². The summed E-state index contributed by atoms with van der Waals surface area (Å²) < 4.78 is 27.1. The van der Waals surface area contributed by atoms with Gasteiger partial charge in [0, 0.05) is 17.9 Å². The highest BCUT2D eigenvalue weighted by atomic mass is 32.2. The molecule has 1 aliphatic carbocycles. The van der Waals surface area contributed by atoms with Crippen molar-refractivity contribution in [2.45, 2.75) is 31.1 Å². The zero-order valence-electron chi connectivity index (χ0n) is 13.6. The molecule has 0 saturated carbocycles. The molecule has 0 aromatic heterocycles. The number of anilines is 1. The molecular weight excluding hydrogens is 342 g/mol. The average Bonchev–Trinajstić information content (AvgIpc) is 2.56. The maximum Gasteiger partial charge on any atom is 0.240 e. The molecule has 0 amide bonds. The van der Waals surface area contributed by atoms with Crippen molar-refractivity contribution in [3.05, 3.63) is 54.6 Å². The van der Waals surface area contributed by atoms with Gasteiger partial charge < -0.3 is 10.6 Å². The third-order valence-electron chi connectivity index (χ3n) is 3.37. The lowest BCUT2D eigenvalue weighted by Crippen LogP contribution is -2.28. The molecule has 24 heavy (non-hydrogen) atoms. The summed E-state index contributed by atoms with van der Waals surface area (Å²) in [6.07, 6.45) is 10.6. The first kappa shape index (κ1) is 18.6. The van der Waals surface area contributed by atoms with Crippen LogP contribution < -0.4 is 15.4 Å². The fourth-order valence-electron chi connectivity index (χ4n) is 2.11. The lowest BCUT2D eigenvalue weighted by Gasteiger charge is -2.14. The number of rotatable bonds is 7. The Balaban J connectivity index is 2.00. The molecule has 0 bridgehead atoms. The second-order valence-electron chi connectivity index (χ2n) is 5.35. The van der Waals surface area contributed by atoms with E-state index in [0.29, 0.717) is 17.3 Å². The molecule has 129 valence electrons. The van der Waals surface area contributed by atoms with E-state index < -0.39 is 10.0 Å². The van der Waals surface area contributed by atoms with Crippen molar-refractivity contribution in [1.29, 1.82) is 0 Å². The molecule has 0 aliphatic heterocycles. The Morgan fingerprint density at radius 1 is 1.29 bits per heavy atom. The molecule has 0 heterocycles. The van der Waals surface area contributed by atoms with Gasteiger partial charge in [-0.15, -0.1) is 0 Å². The Morgan fingerprint density at radius 2 is 2.12 bits per heavy atom. The molecule has 1 aliphatic rings. The van der Waals surface area contributed by atoms with Crippen molar-refractivity contribution in [1.82, 2.24) is 10.0 Å². The molecule has 2 rings (SSSR count). The topological polar surface area (TPSA) is 70.2 Å². The molecule has 7 heteroatoms. The van der Waals surface area contributed by atoms with Crippen LogP contribution in [0.15, 0.2) is 53.1 Å². The standard InChI is InChI=1S/C17H22N3O2S2/c1-2-3-12-18-24(21,22)16-11-7-10-15(13-16)20-17(23)19-14-8-5-4-6-9-14/h4-5,7-11,13,18H,2-3,6,12H2,1H3,(H2,19,20,23). The number of hydrogen-bond donors (Lipinski definition) is 3. The van der Waals surface area contributed by atoms with E-state index >= 15 is 0 Å². The van der Waals surface area contributed by atoms with Crippen LogP contribution in [0.25, 0.3) is 0 Å². The molecule has 5 nitrogen and oxygen atoms in total. The minimum Gasteiger partial charge on any atom is -0.333 e. The van der Waals surface area contributed by atoms with Gasteiger partial charge in [0.1, 0.15) is 0 Å². The maximum absolute atomic E-state index is 12.3. The van der Waals surface area contributed by atoms with Gasteiger partial charge >= 0.3 is 0 Å². The van der Waals surface area contributed by atoms with Gasteiger partial charge in [-0.2, -0.15) is 0 Å². The lowest BCUT2D eigenvalue weighted by molar-refractivity contribution is 0.578. The zero-order chi connectivity index (χ0) is 17.4. The zero-order valence-corrected chi connectivity index (χ0v) is 15.2. The van der Waals surface area contributed by atoms with Crippen molar-refractivity contribution in [2.24, 2.45) is 0 Å². The van der Waals surface area contributed by atoms with E-state index in [0.717, 1.165) is 25.0 Å². The second-order valence-corrected chi connectivity index (χ2v) is 7.52. The van der Waals surface area contributed by atoms with Crippen LogP contribution in [-0.4, -0.2) is 20.1 Å². The van der Waals surface area contributed by atoms with E-state index in [1.54, 1.807) is 24.3 Å². The van der Waals surface area contributed by atoms with Crippen LogP contribution in [-0.2, 0) is 10.0 Å². The largest absolute Gasteiger partial charge is 0.333 e. The third-order valence-corrected chi connectivity index (χ3v) is 5.03. The quantitative estimate of drug-likeness (QED) is 0.512. The number of allylic oxidation sites excluding steroid dienone is 3. The van der Waals surface area contributed by atoms with Crippen molar-refractivity contribution in [3.63, 3.8) is 0 Å². The second kappa shape index (κ2) is 8.96. The fraction of sp³-hybridized carbons (Fsp3) is 0.294. The van der Waals surface area contributed by atoms with Crippen LogP contribution in [0.3, 0.4) is 0 Å². The first-order chi connectivity index (χ1) is 11.5. The van der Waals surface area contributed by atoms with Gasteiger partial charge in [0.15, 0.2) is 5.11 Å². The van der Waals surface area contributed by atoms with E-state index in [1.807, 2.05) is 31.6 Å². The Labute approximate surface area is 149 Å². The van der Waals surface area contributed by atoms with Crippen molar-refractivity contribution in [3.8, 4) is 0 Å². The summed E-state index contributed by atoms with van der Waals surface area (Å²) >= 11 is 5.27. The molecule has 0 saturated heterocycles. The van der Waals surface area contributed by atoms with Gasteiger partial charge in [0.25, 0.3) is 0 Å². The van der Waals surface area contributed by atoms with Gasteiger partial charge in [-0.25, -0.2) is 13.1 Å². The first-order valence-corrected chi connectivity index (χ1v) is 9.78. The van der Waals surface area contributed by atoms with E-state index in [-0.39, 0.29) is 4.90 Å². The molecule has 0 spiro atoms. The summed E-state index contributed by atoms with van der Waals surface area (Å²) in [7, 11) is -3.50. The van der Waals surface area contributed by atoms with Gasteiger partial charge in [0.2, 0.25) is 10.0 Å². The van der Waals surface area contributed by atoms with E-state index in [4.69, 9.17) is 12.2 Å². The minimum atomic E-state index is -3.50. The molecule has 0 atom stereocenters. The third kappa shape index (κ3) is 5.74. The summed E-state index contributed by atoms with van der Waals surface area (Å²) in [5.41, 5.74) is 1.54. The molecule has 1 aromatic rings. The summed E-state index contributed by atoms with van der Waals surface area (Å²) in [4.78, 5) is 0.220. The van der Waals surface area contributed by atoms with Crippen LogP contribution in [0.4, 0.5) is 5.69 Å². The normalized spacial score (nSPS) is 14.1. The van der Waals surface area contributed by atoms with Gasteiger partial charge in [0.05, 0.1) is 4.90 Å². The molecule has 3 N–H and O–H groups in total. The molecule has 1 radical (unpaired) electrons. The predicted octanol–water partition coefficient (Wildman–Crippen LogP) is 3.10.